The van der Waals surface area contributed by atoms with Crippen LogP contribution in [0, 0.1) is 0 Å². The number of halogens is 1. The SMILES string of the molecule is O=C(Nc1ccc(Cl)cc1)c1ccc(C=C2CNC(=Cc3ccccc3)CN2)nc1. The number of amides is 1. The van der Waals surface area contributed by atoms with Crippen LogP contribution in [0.3, 0.4) is 0 Å². The summed E-state index contributed by atoms with van der Waals surface area (Å²) in [6, 6.07) is 20.8. The summed E-state index contributed by atoms with van der Waals surface area (Å²) in [6.45, 7) is 1.42. The van der Waals surface area contributed by atoms with Gasteiger partial charge in [0.05, 0.1) is 24.3 Å². The lowest BCUT2D eigenvalue weighted by molar-refractivity contribution is 0.102. The Kier molecular flexibility index (Phi) is 6.11. The lowest BCUT2D eigenvalue weighted by Crippen LogP contribution is -2.36. The van der Waals surface area contributed by atoms with Crippen LogP contribution in [0.25, 0.3) is 12.2 Å². The maximum Gasteiger partial charge on any atom is 0.257 e. The molecule has 150 valence electrons. The van der Waals surface area contributed by atoms with Crippen LogP contribution in [0.5, 0.6) is 0 Å². The Morgan fingerprint density at radius 3 is 2.23 bits per heavy atom. The Morgan fingerprint density at radius 2 is 1.60 bits per heavy atom. The maximum atomic E-state index is 12.4. The first kappa shape index (κ1) is 19.7. The van der Waals surface area contributed by atoms with Crippen molar-refractivity contribution in [3.63, 3.8) is 0 Å². The molecule has 0 aliphatic carbocycles. The number of carbonyl (C=O) groups is 1. The highest BCUT2D eigenvalue weighted by atomic mass is 35.5. The number of rotatable bonds is 4. The van der Waals surface area contributed by atoms with Gasteiger partial charge < -0.3 is 16.0 Å². The first-order valence-electron chi connectivity index (χ1n) is 9.63. The average Bonchev–Trinajstić information content (AvgIpc) is 2.78. The maximum absolute atomic E-state index is 12.4. The Labute approximate surface area is 180 Å². The molecular weight excluding hydrogens is 396 g/mol. The first-order chi connectivity index (χ1) is 14.7. The third-order valence-corrected chi connectivity index (χ3v) is 4.88. The molecule has 0 spiro atoms. The molecule has 6 heteroatoms. The van der Waals surface area contributed by atoms with E-state index in [1.54, 1.807) is 36.5 Å². The molecule has 1 aliphatic heterocycles. The number of pyridine rings is 1. The van der Waals surface area contributed by atoms with Crippen LogP contribution in [0.15, 0.2) is 84.3 Å². The van der Waals surface area contributed by atoms with Crippen molar-refractivity contribution in [1.29, 1.82) is 0 Å². The molecule has 2 aromatic carbocycles. The molecule has 1 aromatic heterocycles. The van der Waals surface area contributed by atoms with Gasteiger partial charge in [0.1, 0.15) is 0 Å². The molecule has 5 nitrogen and oxygen atoms in total. The van der Waals surface area contributed by atoms with Crippen LogP contribution in [-0.4, -0.2) is 24.0 Å². The van der Waals surface area contributed by atoms with Crippen molar-refractivity contribution in [1.82, 2.24) is 15.6 Å². The minimum absolute atomic E-state index is 0.211. The van der Waals surface area contributed by atoms with Gasteiger partial charge in [-0.15, -0.1) is 0 Å². The van der Waals surface area contributed by atoms with Crippen molar-refractivity contribution >= 4 is 35.3 Å². The molecule has 1 saturated heterocycles. The molecule has 3 N–H and O–H groups in total. The molecule has 1 fully saturated rings. The predicted octanol–water partition coefficient (Wildman–Crippen LogP) is 4.56. The van der Waals surface area contributed by atoms with Crippen LogP contribution in [0.2, 0.25) is 5.02 Å². The normalized spacial score (nSPS) is 16.0. The van der Waals surface area contributed by atoms with Crippen molar-refractivity contribution in [2.45, 2.75) is 0 Å². The van der Waals surface area contributed by atoms with Crippen molar-refractivity contribution in [2.75, 3.05) is 18.4 Å². The van der Waals surface area contributed by atoms with Gasteiger partial charge in [0.2, 0.25) is 0 Å². The molecular formula is C24H21ClN4O. The quantitative estimate of drug-likeness (QED) is 0.583. The number of carbonyl (C=O) groups excluding carboxylic acids is 1. The molecule has 4 rings (SSSR count). The van der Waals surface area contributed by atoms with Crippen LogP contribution < -0.4 is 16.0 Å². The van der Waals surface area contributed by atoms with Crippen LogP contribution in [-0.2, 0) is 0 Å². The lowest BCUT2D eigenvalue weighted by Gasteiger charge is -2.22. The Bertz CT molecular complexity index is 1060. The molecule has 0 unspecified atom stereocenters. The minimum atomic E-state index is -0.211. The van der Waals surface area contributed by atoms with E-state index in [2.05, 4.69) is 39.1 Å². The van der Waals surface area contributed by atoms with Crippen LogP contribution in [0.4, 0.5) is 5.69 Å². The summed E-state index contributed by atoms with van der Waals surface area (Å²) in [5.74, 6) is -0.211. The van der Waals surface area contributed by atoms with E-state index in [-0.39, 0.29) is 5.91 Å². The zero-order valence-corrected chi connectivity index (χ0v) is 17.0. The zero-order chi connectivity index (χ0) is 20.8. The first-order valence-corrected chi connectivity index (χ1v) is 10.0. The number of hydrogen-bond acceptors (Lipinski definition) is 4. The van der Waals surface area contributed by atoms with E-state index >= 15 is 0 Å². The smallest absolute Gasteiger partial charge is 0.257 e. The standard InChI is InChI=1S/C24H21ClN4O/c25-19-7-10-20(11-8-19)29-24(30)18-6-9-21(26-14-18)13-23-16-27-22(15-28-23)12-17-4-2-1-3-5-17/h1-14,27-28H,15-16H2,(H,29,30). The van der Waals surface area contributed by atoms with Gasteiger partial charge in [-0.2, -0.15) is 0 Å². The third-order valence-electron chi connectivity index (χ3n) is 4.63. The zero-order valence-electron chi connectivity index (χ0n) is 16.2. The van der Waals surface area contributed by atoms with Crippen molar-refractivity contribution < 1.29 is 4.79 Å². The van der Waals surface area contributed by atoms with Gasteiger partial charge in [-0.3, -0.25) is 9.78 Å². The van der Waals surface area contributed by atoms with E-state index in [0.29, 0.717) is 22.8 Å². The van der Waals surface area contributed by atoms with Gasteiger partial charge in [0.25, 0.3) is 5.91 Å². The third kappa shape index (κ3) is 5.27. The van der Waals surface area contributed by atoms with E-state index in [0.717, 1.165) is 23.6 Å². The number of anilines is 1. The van der Waals surface area contributed by atoms with Crippen molar-refractivity contribution in [2.24, 2.45) is 0 Å². The molecule has 30 heavy (non-hydrogen) atoms. The Morgan fingerprint density at radius 1 is 0.900 bits per heavy atom. The summed E-state index contributed by atoms with van der Waals surface area (Å²) in [4.78, 5) is 16.8. The van der Waals surface area contributed by atoms with Crippen molar-refractivity contribution in [3.05, 3.63) is 106 Å². The Balaban J connectivity index is 1.35. The summed E-state index contributed by atoms with van der Waals surface area (Å²) in [5, 5.41) is 10.3. The highest BCUT2D eigenvalue weighted by Gasteiger charge is 2.10. The molecule has 3 aromatic rings. The topological polar surface area (TPSA) is 66.1 Å². The average molecular weight is 417 g/mol. The summed E-state index contributed by atoms with van der Waals surface area (Å²) >= 11 is 5.87. The van der Waals surface area contributed by atoms with E-state index in [1.807, 2.05) is 30.3 Å². The lowest BCUT2D eigenvalue weighted by atomic mass is 10.1. The molecule has 2 heterocycles. The molecule has 1 aliphatic rings. The van der Waals surface area contributed by atoms with Crippen molar-refractivity contribution in [3.8, 4) is 0 Å². The summed E-state index contributed by atoms with van der Waals surface area (Å²) in [7, 11) is 0. The summed E-state index contributed by atoms with van der Waals surface area (Å²) < 4.78 is 0. The second-order valence-electron chi connectivity index (χ2n) is 6.89. The van der Waals surface area contributed by atoms with Gasteiger partial charge in [-0.25, -0.2) is 0 Å². The predicted molar refractivity (Wildman–Crippen MR) is 122 cm³/mol. The highest BCUT2D eigenvalue weighted by molar-refractivity contribution is 6.30. The van der Waals surface area contributed by atoms with E-state index in [4.69, 9.17) is 11.6 Å². The molecule has 0 bridgehead atoms. The summed E-state index contributed by atoms with van der Waals surface area (Å²) in [5.41, 5.74) is 5.33. The van der Waals surface area contributed by atoms with Gasteiger partial charge in [0.15, 0.2) is 0 Å². The monoisotopic (exact) mass is 416 g/mol. The summed E-state index contributed by atoms with van der Waals surface area (Å²) in [6.07, 6.45) is 5.69. The van der Waals surface area contributed by atoms with Gasteiger partial charge in [-0.1, -0.05) is 41.9 Å². The minimum Gasteiger partial charge on any atom is -0.381 e. The molecule has 0 radical (unpaired) electrons. The number of aromatic nitrogens is 1. The largest absolute Gasteiger partial charge is 0.381 e. The van der Waals surface area contributed by atoms with Crippen LogP contribution in [0.1, 0.15) is 21.6 Å². The van der Waals surface area contributed by atoms with Crippen LogP contribution >= 0.6 is 11.6 Å². The number of hydrogen-bond donors (Lipinski definition) is 3. The fourth-order valence-corrected chi connectivity index (χ4v) is 3.16. The van der Waals surface area contributed by atoms with Gasteiger partial charge in [-0.05, 0) is 54.1 Å². The highest BCUT2D eigenvalue weighted by Crippen LogP contribution is 2.15. The Hall–Kier alpha value is -3.57. The fourth-order valence-electron chi connectivity index (χ4n) is 3.04. The second kappa shape index (κ2) is 9.29. The van der Waals surface area contributed by atoms with E-state index < -0.39 is 0 Å². The molecule has 0 atom stereocenters. The number of piperazine rings is 1. The van der Waals surface area contributed by atoms with Gasteiger partial charge >= 0.3 is 0 Å². The fraction of sp³-hybridized carbons (Fsp3) is 0.0833. The van der Waals surface area contributed by atoms with Gasteiger partial charge in [0, 0.05) is 28.3 Å². The molecule has 1 amide bonds. The number of nitrogens with zero attached hydrogens (tertiary/aromatic N) is 1. The number of benzene rings is 2. The molecule has 0 saturated carbocycles. The second-order valence-corrected chi connectivity index (χ2v) is 7.33. The van der Waals surface area contributed by atoms with E-state index in [1.165, 1.54) is 5.56 Å². The number of nitrogens with one attached hydrogen (secondary N) is 3. The van der Waals surface area contributed by atoms with E-state index in [9.17, 15) is 4.79 Å².